The van der Waals surface area contributed by atoms with Gasteiger partial charge in [0.25, 0.3) is 0 Å². The summed E-state index contributed by atoms with van der Waals surface area (Å²) in [7, 11) is 0. The van der Waals surface area contributed by atoms with E-state index in [1.54, 1.807) is 0 Å². The average Bonchev–Trinajstić information content (AvgIpc) is 3.24. The molecule has 56 heavy (non-hydrogen) atoms. The maximum Gasteiger partial charge on any atom is 0.119 e. The first-order valence-electron chi connectivity index (χ1n) is 18.9. The van der Waals surface area contributed by atoms with Gasteiger partial charge in [-0.1, -0.05) is 72.2 Å². The summed E-state index contributed by atoms with van der Waals surface area (Å²) in [6.45, 7) is 6.18. The monoisotopic (exact) mass is 762 g/mol. The third kappa shape index (κ3) is 14.3. The number of fused-ring (bicyclic) bond motifs is 2. The van der Waals surface area contributed by atoms with Crippen molar-refractivity contribution in [1.82, 2.24) is 0 Å². The smallest absolute Gasteiger partial charge is 0.119 e. The van der Waals surface area contributed by atoms with Crippen molar-refractivity contribution in [2.24, 2.45) is 0 Å². The fraction of sp³-hybridized carbons (Fsp3) is 0.348. The van der Waals surface area contributed by atoms with Crippen molar-refractivity contribution in [1.29, 1.82) is 0 Å². The summed E-state index contributed by atoms with van der Waals surface area (Å²) in [6, 6.07) is 32.1. The first-order valence-corrected chi connectivity index (χ1v) is 18.9. The predicted octanol–water partition coefficient (Wildman–Crippen LogP) is 5.63. The van der Waals surface area contributed by atoms with Crippen LogP contribution in [0.5, 0.6) is 11.5 Å². The third-order valence-electron chi connectivity index (χ3n) is 8.26. The summed E-state index contributed by atoms with van der Waals surface area (Å²) in [6.07, 6.45) is 0. The number of aliphatic hydroxyl groups is 2. The maximum absolute atomic E-state index is 8.69. The number of hydrogen-bond donors (Lipinski definition) is 2. The first kappa shape index (κ1) is 42.2. The number of rotatable bonds is 24. The number of aliphatic hydroxyl groups excluding tert-OH is 2. The molecule has 0 aliphatic carbocycles. The van der Waals surface area contributed by atoms with Gasteiger partial charge in [-0.05, 0) is 70.1 Å². The molecule has 5 rings (SSSR count). The minimum Gasteiger partial charge on any atom is -0.491 e. The summed E-state index contributed by atoms with van der Waals surface area (Å²) in [5.74, 6) is 15.2. The normalized spacial score (nSPS) is 10.9. The second-order valence-corrected chi connectivity index (χ2v) is 12.2. The molecule has 0 aliphatic heterocycles. The maximum atomic E-state index is 8.69. The standard InChI is InChI=1S/C46H50O10/c47-21-23-49-25-27-51-29-31-53-33-35-55-39-15-9-37(10-16-39)13-19-45-41-5-1-2-6-42(41)46(44-8-4-3-7-43(44)45)20-14-38-11-17-40(18-12-38)56-36-34-54-32-30-52-28-26-50-24-22-48/h1-12,15-18,47-48H,21-36H2. The lowest BCUT2D eigenvalue weighted by Crippen LogP contribution is -2.13. The predicted molar refractivity (Wildman–Crippen MR) is 216 cm³/mol. The van der Waals surface area contributed by atoms with Gasteiger partial charge < -0.3 is 48.1 Å². The second kappa shape index (κ2) is 25.2. The molecule has 10 heteroatoms. The Morgan fingerprint density at radius 2 is 0.607 bits per heavy atom. The molecule has 0 bridgehead atoms. The Hall–Kier alpha value is -4.98. The molecule has 0 aliphatic rings. The second-order valence-electron chi connectivity index (χ2n) is 12.2. The van der Waals surface area contributed by atoms with E-state index in [1.165, 1.54) is 0 Å². The van der Waals surface area contributed by atoms with Gasteiger partial charge in [-0.2, -0.15) is 0 Å². The van der Waals surface area contributed by atoms with E-state index in [9.17, 15) is 0 Å². The Kier molecular flexibility index (Phi) is 19.0. The Morgan fingerprint density at radius 1 is 0.321 bits per heavy atom. The molecule has 10 nitrogen and oxygen atoms in total. The van der Waals surface area contributed by atoms with E-state index >= 15 is 0 Å². The molecule has 294 valence electrons. The Labute approximate surface area is 329 Å². The molecule has 2 N–H and O–H groups in total. The van der Waals surface area contributed by atoms with Gasteiger partial charge in [0, 0.05) is 22.3 Å². The van der Waals surface area contributed by atoms with Crippen molar-refractivity contribution in [2.45, 2.75) is 0 Å². The van der Waals surface area contributed by atoms with Crippen molar-refractivity contribution >= 4 is 21.5 Å². The van der Waals surface area contributed by atoms with Crippen LogP contribution in [0.15, 0.2) is 97.1 Å². The molecule has 0 radical (unpaired) electrons. The molecule has 0 heterocycles. The lowest BCUT2D eigenvalue weighted by atomic mass is 9.92. The first-order chi connectivity index (χ1) is 27.8. The molecule has 5 aromatic rings. The lowest BCUT2D eigenvalue weighted by Gasteiger charge is -2.10. The highest BCUT2D eigenvalue weighted by Gasteiger charge is 2.11. The molecule has 0 spiro atoms. The highest BCUT2D eigenvalue weighted by Crippen LogP contribution is 2.32. The van der Waals surface area contributed by atoms with E-state index in [4.69, 9.17) is 48.1 Å². The van der Waals surface area contributed by atoms with Gasteiger partial charge in [-0.3, -0.25) is 0 Å². The van der Waals surface area contributed by atoms with Gasteiger partial charge >= 0.3 is 0 Å². The van der Waals surface area contributed by atoms with Crippen molar-refractivity contribution in [2.75, 3.05) is 106 Å². The molecule has 0 atom stereocenters. The summed E-state index contributed by atoms with van der Waals surface area (Å²) in [5.41, 5.74) is 3.69. The zero-order valence-electron chi connectivity index (χ0n) is 31.7. The van der Waals surface area contributed by atoms with Crippen LogP contribution >= 0.6 is 0 Å². The lowest BCUT2D eigenvalue weighted by molar-refractivity contribution is 0.00361. The zero-order valence-corrected chi connectivity index (χ0v) is 31.7. The number of hydrogen-bond acceptors (Lipinski definition) is 10. The van der Waals surface area contributed by atoms with E-state index in [2.05, 4.69) is 47.9 Å². The molecule has 0 unspecified atom stereocenters. The molecule has 0 fully saturated rings. The summed E-state index contributed by atoms with van der Waals surface area (Å²) >= 11 is 0. The Bertz CT molecular complexity index is 1800. The van der Waals surface area contributed by atoms with Crippen LogP contribution in [0.3, 0.4) is 0 Å². The molecular formula is C46H50O10. The van der Waals surface area contributed by atoms with Crippen molar-refractivity contribution in [3.8, 4) is 35.2 Å². The van der Waals surface area contributed by atoms with Crippen LogP contribution in [0.2, 0.25) is 0 Å². The van der Waals surface area contributed by atoms with E-state index < -0.39 is 0 Å². The summed E-state index contributed by atoms with van der Waals surface area (Å²) in [4.78, 5) is 0. The minimum atomic E-state index is 0.0132. The van der Waals surface area contributed by atoms with Gasteiger partial charge in [0.1, 0.15) is 24.7 Å². The van der Waals surface area contributed by atoms with Crippen LogP contribution in [0.4, 0.5) is 0 Å². The summed E-state index contributed by atoms with van der Waals surface area (Å²) in [5, 5.41) is 21.6. The van der Waals surface area contributed by atoms with Gasteiger partial charge in [0.15, 0.2) is 0 Å². The summed E-state index contributed by atoms with van der Waals surface area (Å²) < 4.78 is 43.9. The van der Waals surface area contributed by atoms with E-state index in [0.717, 1.165) is 55.3 Å². The quantitative estimate of drug-likeness (QED) is 0.0466. The highest BCUT2D eigenvalue weighted by atomic mass is 16.6. The van der Waals surface area contributed by atoms with Gasteiger partial charge in [-0.25, -0.2) is 0 Å². The Morgan fingerprint density at radius 3 is 0.911 bits per heavy atom. The molecular weight excluding hydrogens is 712 g/mol. The Balaban J connectivity index is 1.15. The number of benzene rings is 5. The van der Waals surface area contributed by atoms with Crippen LogP contribution in [0, 0.1) is 23.7 Å². The fourth-order valence-corrected chi connectivity index (χ4v) is 5.59. The van der Waals surface area contributed by atoms with E-state index in [0.29, 0.717) is 92.5 Å². The van der Waals surface area contributed by atoms with Crippen LogP contribution < -0.4 is 9.47 Å². The van der Waals surface area contributed by atoms with Crippen molar-refractivity contribution in [3.05, 3.63) is 119 Å². The van der Waals surface area contributed by atoms with Crippen LogP contribution in [-0.2, 0) is 28.4 Å². The van der Waals surface area contributed by atoms with Gasteiger partial charge in [0.05, 0.1) is 92.5 Å². The van der Waals surface area contributed by atoms with Crippen molar-refractivity contribution < 1.29 is 48.1 Å². The third-order valence-corrected chi connectivity index (χ3v) is 8.26. The SMILES string of the molecule is OCCOCCOCCOCCOc1ccc(C#Cc2c3ccccc3c(C#Cc3ccc(OCCOCCOCCOCCO)cc3)c3ccccc23)cc1. The zero-order chi connectivity index (χ0) is 38.9. The highest BCUT2D eigenvalue weighted by molar-refractivity contribution is 6.09. The molecule has 0 saturated carbocycles. The minimum absolute atomic E-state index is 0.0132. The van der Waals surface area contributed by atoms with Crippen LogP contribution in [0.25, 0.3) is 21.5 Å². The molecule has 0 saturated heterocycles. The molecule has 0 aromatic heterocycles. The molecule has 5 aromatic carbocycles. The van der Waals surface area contributed by atoms with Gasteiger partial charge in [-0.15, -0.1) is 0 Å². The van der Waals surface area contributed by atoms with E-state index in [1.807, 2.05) is 72.8 Å². The fourth-order valence-electron chi connectivity index (χ4n) is 5.59. The number of ether oxygens (including phenoxy) is 8. The van der Waals surface area contributed by atoms with E-state index in [-0.39, 0.29) is 13.2 Å². The van der Waals surface area contributed by atoms with Crippen molar-refractivity contribution in [3.63, 3.8) is 0 Å². The molecule has 0 amide bonds. The topological polar surface area (TPSA) is 114 Å². The van der Waals surface area contributed by atoms with Crippen LogP contribution in [-0.4, -0.2) is 116 Å². The average molecular weight is 763 g/mol. The van der Waals surface area contributed by atoms with Gasteiger partial charge in [0.2, 0.25) is 0 Å². The van der Waals surface area contributed by atoms with Crippen LogP contribution in [0.1, 0.15) is 22.3 Å². The largest absolute Gasteiger partial charge is 0.491 e.